The summed E-state index contributed by atoms with van der Waals surface area (Å²) in [4.78, 5) is 34.8. The number of nitriles is 1. The molecule has 2 N–H and O–H groups in total. The van der Waals surface area contributed by atoms with E-state index in [0.717, 1.165) is 16.2 Å². The number of hydrogen-bond donors (Lipinski definition) is 2. The number of amides is 1. The first-order chi connectivity index (χ1) is 20.5. The number of carbonyl (C=O) groups is 2. The second kappa shape index (κ2) is 13.5. The van der Waals surface area contributed by atoms with Crippen LogP contribution < -0.4 is 9.62 Å². The van der Waals surface area contributed by atoms with Gasteiger partial charge in [0.25, 0.3) is 10.2 Å². The highest BCUT2D eigenvalue weighted by Gasteiger charge is 2.33. The minimum atomic E-state index is -3.93. The lowest BCUT2D eigenvalue weighted by Gasteiger charge is -2.36. The average molecular weight is 606 g/mol. The smallest absolute Gasteiger partial charge is 0.322 e. The van der Waals surface area contributed by atoms with Crippen molar-refractivity contribution in [3.05, 3.63) is 65.7 Å². The number of carbonyl (C=O) groups excluding carboxylic acids is 1. The van der Waals surface area contributed by atoms with Crippen molar-refractivity contribution in [1.29, 1.82) is 5.26 Å². The summed E-state index contributed by atoms with van der Waals surface area (Å²) in [5.74, 6) is 4.75. The van der Waals surface area contributed by atoms with Gasteiger partial charge in [-0.3, -0.25) is 19.5 Å². The topological polar surface area (TPSA) is 173 Å². The molecule has 43 heavy (non-hydrogen) atoms. The molecule has 0 saturated carbocycles. The second-order valence-corrected chi connectivity index (χ2v) is 11.9. The number of carboxylic acid groups (broad SMARTS) is 1. The first-order valence-corrected chi connectivity index (χ1v) is 14.9. The summed E-state index contributed by atoms with van der Waals surface area (Å²) in [5.41, 5.74) is 2.84. The molecule has 3 aromatic rings. The molecule has 0 bridgehead atoms. The third-order valence-electron chi connectivity index (χ3n) is 6.75. The fourth-order valence-electron chi connectivity index (χ4n) is 4.25. The molecule has 13 nitrogen and oxygen atoms in total. The van der Waals surface area contributed by atoms with Gasteiger partial charge < -0.3 is 14.4 Å². The maximum atomic E-state index is 12.7. The Bertz CT molecular complexity index is 1680. The standard InChI is InChI=1S/C29H31N7O6S/c1-20(2)27(29(38)39)33-43(40,41)36-14-12-35(13-15-36)23-8-6-21(7-9-23)4-5-22-10-11-31-25(16-22)28-32-18-24(42-28)17-26(37)34(3)19-30/h6-11,16,18,20,27,33H,12-15,17H2,1-3H3,(H,38,39)/t27-/m1/s1. The van der Waals surface area contributed by atoms with E-state index in [4.69, 9.17) is 9.68 Å². The van der Waals surface area contributed by atoms with Gasteiger partial charge in [-0.05, 0) is 42.3 Å². The Balaban J connectivity index is 1.36. The number of carboxylic acids is 1. The Labute approximate surface area is 249 Å². The largest absolute Gasteiger partial charge is 0.480 e. The van der Waals surface area contributed by atoms with E-state index in [0.29, 0.717) is 30.1 Å². The van der Waals surface area contributed by atoms with Crippen molar-refractivity contribution < 1.29 is 27.5 Å². The Morgan fingerprint density at radius 3 is 2.40 bits per heavy atom. The van der Waals surface area contributed by atoms with E-state index in [1.54, 1.807) is 38.4 Å². The van der Waals surface area contributed by atoms with Crippen molar-refractivity contribution in [2.75, 3.05) is 38.1 Å². The predicted octanol–water partition coefficient (Wildman–Crippen LogP) is 1.68. The summed E-state index contributed by atoms with van der Waals surface area (Å²) in [7, 11) is -2.55. The molecule has 3 heterocycles. The van der Waals surface area contributed by atoms with Gasteiger partial charge in [0.1, 0.15) is 17.5 Å². The molecule has 0 radical (unpaired) electrons. The number of oxazole rings is 1. The summed E-state index contributed by atoms with van der Waals surface area (Å²) in [6.45, 7) is 4.67. The lowest BCUT2D eigenvalue weighted by Crippen LogP contribution is -2.55. The van der Waals surface area contributed by atoms with Crippen LogP contribution in [-0.2, 0) is 26.2 Å². The molecule has 1 amide bonds. The molecule has 1 atom stereocenters. The van der Waals surface area contributed by atoms with Gasteiger partial charge in [-0.2, -0.15) is 22.7 Å². The lowest BCUT2D eigenvalue weighted by molar-refractivity contribution is -0.140. The van der Waals surface area contributed by atoms with Crippen molar-refractivity contribution in [3.63, 3.8) is 0 Å². The van der Waals surface area contributed by atoms with Crippen LogP contribution in [0.1, 0.15) is 30.7 Å². The summed E-state index contributed by atoms with van der Waals surface area (Å²) in [6, 6.07) is 9.89. The van der Waals surface area contributed by atoms with E-state index in [9.17, 15) is 23.1 Å². The Morgan fingerprint density at radius 2 is 1.77 bits per heavy atom. The van der Waals surface area contributed by atoms with E-state index >= 15 is 0 Å². The third kappa shape index (κ3) is 7.96. The van der Waals surface area contributed by atoms with Crippen LogP contribution in [0.15, 0.2) is 53.2 Å². The quantitative estimate of drug-likeness (QED) is 0.208. The van der Waals surface area contributed by atoms with Gasteiger partial charge >= 0.3 is 5.97 Å². The number of likely N-dealkylation sites (N-methyl/N-ethyl adjacent to an activating group) is 1. The van der Waals surface area contributed by atoms with Crippen LogP contribution in [0.5, 0.6) is 0 Å². The second-order valence-electron chi connectivity index (χ2n) is 10.2. The molecule has 1 fully saturated rings. The number of pyridine rings is 1. The number of nitrogens with one attached hydrogen (secondary N) is 1. The molecule has 0 unspecified atom stereocenters. The van der Waals surface area contributed by atoms with Crippen molar-refractivity contribution in [2.45, 2.75) is 26.3 Å². The summed E-state index contributed by atoms with van der Waals surface area (Å²) in [5, 5.41) is 18.2. The van der Waals surface area contributed by atoms with Crippen LogP contribution in [-0.4, -0.2) is 83.8 Å². The van der Waals surface area contributed by atoms with E-state index in [2.05, 4.69) is 31.4 Å². The highest BCUT2D eigenvalue weighted by Crippen LogP contribution is 2.20. The van der Waals surface area contributed by atoms with Crippen LogP contribution in [0.3, 0.4) is 0 Å². The normalized spacial score (nSPS) is 14.4. The van der Waals surface area contributed by atoms with Crippen molar-refractivity contribution >= 4 is 27.8 Å². The molecule has 4 rings (SSSR count). The number of piperazine rings is 1. The van der Waals surface area contributed by atoms with E-state index in [1.165, 1.54) is 17.5 Å². The maximum Gasteiger partial charge on any atom is 0.322 e. The number of aliphatic carboxylic acids is 1. The fourth-order valence-corrected chi connectivity index (χ4v) is 5.74. The summed E-state index contributed by atoms with van der Waals surface area (Å²) < 4.78 is 34.7. The SMILES string of the molecule is CC(C)[C@@H](NS(=O)(=O)N1CCN(c2ccc(C#Cc3ccnc(-c4ncc(CC(=O)N(C)C#N)o4)c3)cc2)CC1)C(=O)O. The Kier molecular flexibility index (Phi) is 9.77. The van der Waals surface area contributed by atoms with Gasteiger partial charge in [0, 0.05) is 56.2 Å². The lowest BCUT2D eigenvalue weighted by atomic mass is 10.1. The Morgan fingerprint density at radius 1 is 1.09 bits per heavy atom. The molecule has 1 aliphatic heterocycles. The van der Waals surface area contributed by atoms with Gasteiger partial charge in [0.05, 0.1) is 12.6 Å². The number of rotatable bonds is 9. The molecular formula is C29H31N7O6S. The van der Waals surface area contributed by atoms with Crippen LogP contribution in [0, 0.1) is 29.2 Å². The third-order valence-corrected chi connectivity index (χ3v) is 8.35. The van der Waals surface area contributed by atoms with Crippen LogP contribution in [0.25, 0.3) is 11.6 Å². The van der Waals surface area contributed by atoms with Crippen molar-refractivity contribution in [1.82, 2.24) is 23.9 Å². The van der Waals surface area contributed by atoms with Gasteiger partial charge in [0.2, 0.25) is 11.8 Å². The highest BCUT2D eigenvalue weighted by atomic mass is 32.2. The fraction of sp³-hybridized carbons (Fsp3) is 0.345. The van der Waals surface area contributed by atoms with Gasteiger partial charge in [-0.25, -0.2) is 4.98 Å². The van der Waals surface area contributed by atoms with E-state index in [1.807, 2.05) is 24.3 Å². The van der Waals surface area contributed by atoms with Gasteiger partial charge in [-0.15, -0.1) is 0 Å². The number of anilines is 1. The minimum absolute atomic E-state index is 0.0932. The zero-order valence-corrected chi connectivity index (χ0v) is 24.7. The van der Waals surface area contributed by atoms with Crippen LogP contribution in [0.4, 0.5) is 5.69 Å². The number of hydrogen-bond acceptors (Lipinski definition) is 9. The molecule has 224 valence electrons. The van der Waals surface area contributed by atoms with Gasteiger partial charge in [-0.1, -0.05) is 25.7 Å². The number of nitrogens with zero attached hydrogens (tertiary/aromatic N) is 6. The number of aromatic nitrogens is 2. The van der Waals surface area contributed by atoms with Crippen LogP contribution in [0.2, 0.25) is 0 Å². The first-order valence-electron chi connectivity index (χ1n) is 13.4. The summed E-state index contributed by atoms with van der Waals surface area (Å²) >= 11 is 0. The molecule has 2 aromatic heterocycles. The zero-order valence-electron chi connectivity index (χ0n) is 23.9. The molecular weight excluding hydrogens is 574 g/mol. The molecule has 0 spiro atoms. The van der Waals surface area contributed by atoms with Crippen LogP contribution >= 0.6 is 0 Å². The highest BCUT2D eigenvalue weighted by molar-refractivity contribution is 7.87. The van der Waals surface area contributed by atoms with E-state index in [-0.39, 0.29) is 31.3 Å². The van der Waals surface area contributed by atoms with Crippen molar-refractivity contribution in [2.24, 2.45) is 5.92 Å². The number of benzene rings is 1. The van der Waals surface area contributed by atoms with E-state index < -0.39 is 28.1 Å². The molecule has 1 saturated heterocycles. The first kappa shape index (κ1) is 31.2. The molecule has 0 aliphatic carbocycles. The summed E-state index contributed by atoms with van der Waals surface area (Å²) in [6.07, 6.45) is 4.67. The monoisotopic (exact) mass is 605 g/mol. The zero-order chi connectivity index (χ0) is 31.1. The Hall–Kier alpha value is -4.76. The molecule has 1 aromatic carbocycles. The maximum absolute atomic E-state index is 12.7. The molecule has 14 heteroatoms. The van der Waals surface area contributed by atoms with Crippen molar-refractivity contribution in [3.8, 4) is 29.6 Å². The van der Waals surface area contributed by atoms with Gasteiger partial charge in [0.15, 0.2) is 6.19 Å². The average Bonchev–Trinajstić information content (AvgIpc) is 3.47. The predicted molar refractivity (Wildman–Crippen MR) is 156 cm³/mol. The minimum Gasteiger partial charge on any atom is -0.480 e. The molecule has 1 aliphatic rings.